The van der Waals surface area contributed by atoms with E-state index < -0.39 is 0 Å². The number of halogens is 1. The van der Waals surface area contributed by atoms with E-state index >= 15 is 0 Å². The van der Waals surface area contributed by atoms with Crippen LogP contribution < -0.4 is 16.2 Å². The van der Waals surface area contributed by atoms with Crippen LogP contribution in [-0.4, -0.2) is 41.3 Å². The number of nitrogens with two attached hydrogens (primary N) is 1. The van der Waals surface area contributed by atoms with Crippen LogP contribution in [0.3, 0.4) is 0 Å². The first-order valence-electron chi connectivity index (χ1n) is 7.37. The van der Waals surface area contributed by atoms with E-state index in [2.05, 4.69) is 20.6 Å². The number of ether oxygens (including phenoxy) is 1. The van der Waals surface area contributed by atoms with Crippen molar-refractivity contribution in [3.05, 3.63) is 41.2 Å². The van der Waals surface area contributed by atoms with Gasteiger partial charge in [0.15, 0.2) is 11.6 Å². The normalized spacial score (nSPS) is 20.0. The van der Waals surface area contributed by atoms with Gasteiger partial charge < -0.3 is 15.1 Å². The van der Waals surface area contributed by atoms with E-state index in [1.165, 1.54) is 7.11 Å². The molecular weight excluding hydrogens is 332 g/mol. The van der Waals surface area contributed by atoms with Crippen LogP contribution in [0.4, 0.5) is 11.6 Å². The highest BCUT2D eigenvalue weighted by atomic mass is 35.5. The number of aromatic nitrogens is 3. The SMILES string of the molecule is COC(=O)[C@@H]1CN(c2ccc(NN)nn2)C[C@H]1c1ccc(Cl)cn1. The number of esters is 1. The van der Waals surface area contributed by atoms with E-state index in [0.29, 0.717) is 29.7 Å². The first kappa shape index (κ1) is 16.4. The third-order valence-electron chi connectivity index (χ3n) is 4.08. The first-order valence-corrected chi connectivity index (χ1v) is 7.74. The minimum atomic E-state index is -0.335. The number of nitrogens with one attached hydrogen (secondary N) is 1. The molecular formula is C15H17ClN6O2. The van der Waals surface area contributed by atoms with Gasteiger partial charge in [0.25, 0.3) is 0 Å². The Bertz CT molecular complexity index is 709. The van der Waals surface area contributed by atoms with Gasteiger partial charge in [-0.2, -0.15) is 0 Å². The number of anilines is 2. The molecule has 0 aromatic carbocycles. The topological polar surface area (TPSA) is 106 Å². The molecule has 24 heavy (non-hydrogen) atoms. The van der Waals surface area contributed by atoms with Crippen LogP contribution in [0.2, 0.25) is 5.02 Å². The van der Waals surface area contributed by atoms with Crippen LogP contribution in [-0.2, 0) is 9.53 Å². The highest BCUT2D eigenvalue weighted by Crippen LogP contribution is 2.34. The summed E-state index contributed by atoms with van der Waals surface area (Å²) in [6.07, 6.45) is 1.58. The lowest BCUT2D eigenvalue weighted by Crippen LogP contribution is -2.25. The summed E-state index contributed by atoms with van der Waals surface area (Å²) in [7, 11) is 1.39. The van der Waals surface area contributed by atoms with Crippen molar-refractivity contribution in [2.24, 2.45) is 11.8 Å². The lowest BCUT2D eigenvalue weighted by molar-refractivity contribution is -0.145. The van der Waals surface area contributed by atoms with Gasteiger partial charge in [0.2, 0.25) is 0 Å². The van der Waals surface area contributed by atoms with Crippen molar-refractivity contribution in [1.29, 1.82) is 0 Å². The van der Waals surface area contributed by atoms with Crippen molar-refractivity contribution in [3.63, 3.8) is 0 Å². The molecule has 2 aromatic heterocycles. The summed E-state index contributed by atoms with van der Waals surface area (Å²) in [6.45, 7) is 1.06. The van der Waals surface area contributed by atoms with E-state index in [4.69, 9.17) is 22.2 Å². The minimum absolute atomic E-state index is 0.108. The molecule has 3 rings (SSSR count). The quantitative estimate of drug-likeness (QED) is 0.482. The van der Waals surface area contributed by atoms with Gasteiger partial charge in [-0.1, -0.05) is 11.6 Å². The van der Waals surface area contributed by atoms with Crippen LogP contribution in [0.1, 0.15) is 11.6 Å². The van der Waals surface area contributed by atoms with Crippen LogP contribution in [0, 0.1) is 5.92 Å². The van der Waals surface area contributed by atoms with Gasteiger partial charge in [0.05, 0.1) is 18.1 Å². The molecule has 8 nitrogen and oxygen atoms in total. The summed E-state index contributed by atoms with van der Waals surface area (Å²) < 4.78 is 4.95. The molecule has 0 bridgehead atoms. The maximum absolute atomic E-state index is 12.2. The van der Waals surface area contributed by atoms with E-state index in [9.17, 15) is 4.79 Å². The van der Waals surface area contributed by atoms with Gasteiger partial charge in [-0.25, -0.2) is 5.84 Å². The third kappa shape index (κ3) is 3.24. The number of hydrazine groups is 1. The second kappa shape index (κ2) is 6.98. The highest BCUT2D eigenvalue weighted by molar-refractivity contribution is 6.30. The number of methoxy groups -OCH3 is 1. The number of nitrogen functional groups attached to an aromatic ring is 1. The molecule has 0 aliphatic carbocycles. The zero-order chi connectivity index (χ0) is 17.1. The maximum atomic E-state index is 12.2. The summed E-state index contributed by atoms with van der Waals surface area (Å²) in [6, 6.07) is 7.12. The Hall–Kier alpha value is -2.45. The molecule has 9 heteroatoms. The Morgan fingerprint density at radius 2 is 2.17 bits per heavy atom. The zero-order valence-corrected chi connectivity index (χ0v) is 13.8. The number of carbonyl (C=O) groups excluding carboxylic acids is 1. The number of hydrogen-bond donors (Lipinski definition) is 2. The first-order chi connectivity index (χ1) is 11.6. The molecule has 0 saturated carbocycles. The average Bonchev–Trinajstić information content (AvgIpc) is 3.07. The van der Waals surface area contributed by atoms with Crippen molar-refractivity contribution in [2.45, 2.75) is 5.92 Å². The standard InChI is InChI=1S/C15H17ClN6O2/c1-24-15(23)11-8-22(14-5-4-13(19-17)20-21-14)7-10(11)12-3-2-9(16)6-18-12/h2-6,10-11H,7-8,17H2,1H3,(H,19,20)/t10-,11-/m1/s1. The fourth-order valence-corrected chi connectivity index (χ4v) is 2.97. The van der Waals surface area contributed by atoms with Crippen molar-refractivity contribution < 1.29 is 9.53 Å². The van der Waals surface area contributed by atoms with Crippen molar-refractivity contribution >= 4 is 29.2 Å². The molecule has 0 unspecified atom stereocenters. The fourth-order valence-electron chi connectivity index (χ4n) is 2.86. The summed E-state index contributed by atoms with van der Waals surface area (Å²) in [5, 5.41) is 8.65. The molecule has 1 aliphatic heterocycles. The van der Waals surface area contributed by atoms with Crippen LogP contribution in [0.15, 0.2) is 30.5 Å². The summed E-state index contributed by atoms with van der Waals surface area (Å²) in [4.78, 5) is 18.5. The fraction of sp³-hybridized carbons (Fsp3) is 0.333. The molecule has 1 aliphatic rings. The highest BCUT2D eigenvalue weighted by Gasteiger charge is 2.40. The number of carbonyl (C=O) groups is 1. The predicted octanol–water partition coefficient (Wildman–Crippen LogP) is 1.20. The van der Waals surface area contributed by atoms with Crippen molar-refractivity contribution in [3.8, 4) is 0 Å². The molecule has 0 radical (unpaired) electrons. The molecule has 0 amide bonds. The molecule has 1 saturated heterocycles. The van der Waals surface area contributed by atoms with E-state index in [1.54, 1.807) is 24.4 Å². The van der Waals surface area contributed by atoms with Gasteiger partial charge in [-0.3, -0.25) is 9.78 Å². The third-order valence-corrected chi connectivity index (χ3v) is 4.30. The van der Waals surface area contributed by atoms with Gasteiger partial charge >= 0.3 is 5.97 Å². The molecule has 0 spiro atoms. The number of rotatable bonds is 4. The summed E-state index contributed by atoms with van der Waals surface area (Å²) in [5.74, 6) is 5.72. The number of hydrogen-bond acceptors (Lipinski definition) is 8. The Kier molecular flexibility index (Phi) is 4.77. The van der Waals surface area contributed by atoms with Gasteiger partial charge in [0, 0.05) is 30.9 Å². The van der Waals surface area contributed by atoms with Crippen LogP contribution >= 0.6 is 11.6 Å². The van der Waals surface area contributed by atoms with Gasteiger partial charge in [0.1, 0.15) is 0 Å². The van der Waals surface area contributed by atoms with Crippen molar-refractivity contribution in [1.82, 2.24) is 15.2 Å². The zero-order valence-electron chi connectivity index (χ0n) is 13.0. The largest absolute Gasteiger partial charge is 0.469 e. The van der Waals surface area contributed by atoms with Crippen LogP contribution in [0.25, 0.3) is 0 Å². The minimum Gasteiger partial charge on any atom is -0.469 e. The van der Waals surface area contributed by atoms with Crippen molar-refractivity contribution in [2.75, 3.05) is 30.5 Å². The van der Waals surface area contributed by atoms with E-state index in [1.807, 2.05) is 11.0 Å². The van der Waals surface area contributed by atoms with Gasteiger partial charge in [-0.15, -0.1) is 10.2 Å². The maximum Gasteiger partial charge on any atom is 0.311 e. The molecule has 2 aromatic rings. The Balaban J connectivity index is 1.86. The lowest BCUT2D eigenvalue weighted by Gasteiger charge is -2.16. The van der Waals surface area contributed by atoms with Crippen LogP contribution in [0.5, 0.6) is 0 Å². The second-order valence-corrected chi connectivity index (χ2v) is 5.90. The Morgan fingerprint density at radius 1 is 1.33 bits per heavy atom. The van der Waals surface area contributed by atoms with Gasteiger partial charge in [-0.05, 0) is 24.3 Å². The Labute approximate surface area is 143 Å². The van der Waals surface area contributed by atoms with E-state index in [0.717, 1.165) is 5.69 Å². The molecule has 3 N–H and O–H groups in total. The van der Waals surface area contributed by atoms with E-state index in [-0.39, 0.29) is 17.8 Å². The summed E-state index contributed by atoms with van der Waals surface area (Å²) >= 11 is 5.90. The molecule has 3 heterocycles. The number of pyridine rings is 1. The predicted molar refractivity (Wildman–Crippen MR) is 89.5 cm³/mol. The number of nitrogens with zero attached hydrogens (tertiary/aromatic N) is 4. The second-order valence-electron chi connectivity index (χ2n) is 5.46. The molecule has 1 fully saturated rings. The molecule has 126 valence electrons. The monoisotopic (exact) mass is 348 g/mol. The summed E-state index contributed by atoms with van der Waals surface area (Å²) in [5.41, 5.74) is 3.23. The lowest BCUT2D eigenvalue weighted by atomic mass is 9.92. The smallest absolute Gasteiger partial charge is 0.311 e. The Morgan fingerprint density at radius 3 is 2.75 bits per heavy atom. The average molecular weight is 349 g/mol. The molecule has 2 atom stereocenters.